The third-order valence-corrected chi connectivity index (χ3v) is 5.97. The van der Waals surface area contributed by atoms with Crippen molar-refractivity contribution in [3.63, 3.8) is 0 Å². The summed E-state index contributed by atoms with van der Waals surface area (Å²) in [7, 11) is -1.57. The summed E-state index contributed by atoms with van der Waals surface area (Å²) in [6.07, 6.45) is 2.08. The Bertz CT molecular complexity index is 877. The van der Waals surface area contributed by atoms with Gasteiger partial charge < -0.3 is 19.5 Å². The van der Waals surface area contributed by atoms with Crippen LogP contribution < -0.4 is 14.8 Å². The molecule has 1 N–H and O–H groups in total. The average molecular weight is 426 g/mol. The fraction of sp³-hybridized carbons (Fsp3) is 0.500. The lowest BCUT2D eigenvalue weighted by Crippen LogP contribution is -2.42. The largest absolute Gasteiger partial charge is 0.493 e. The molecule has 1 aliphatic heterocycles. The lowest BCUT2D eigenvalue weighted by atomic mass is 10.2. The van der Waals surface area contributed by atoms with Gasteiger partial charge in [0.2, 0.25) is 0 Å². The van der Waals surface area contributed by atoms with Gasteiger partial charge in [0.05, 0.1) is 24.7 Å². The van der Waals surface area contributed by atoms with E-state index in [0.29, 0.717) is 23.5 Å². The maximum absolute atomic E-state index is 12.1. The Morgan fingerprint density at radius 1 is 1.21 bits per heavy atom. The van der Waals surface area contributed by atoms with Crippen LogP contribution in [0.15, 0.2) is 24.3 Å². The Morgan fingerprint density at radius 2 is 1.93 bits per heavy atom. The summed E-state index contributed by atoms with van der Waals surface area (Å²) in [6, 6.07) is 4.79. The second-order valence-corrected chi connectivity index (χ2v) is 9.33. The standard InChI is InChI=1S/C20H27NO7S/c1-13(2)27-17-7-5-15(11-18(17)26-4)6-8-19(22)28-14(3)20(23)21-16-9-10-29(24,25)12-16/h5-8,11,13-14,16H,9-10,12H2,1-4H3,(H,21,23)/b8-6+/t14-,16-/m0/s1. The number of amides is 1. The van der Waals surface area contributed by atoms with Gasteiger partial charge in [-0.15, -0.1) is 0 Å². The molecule has 0 radical (unpaired) electrons. The molecule has 1 heterocycles. The molecule has 1 fully saturated rings. The lowest BCUT2D eigenvalue weighted by molar-refractivity contribution is -0.150. The van der Waals surface area contributed by atoms with Gasteiger partial charge >= 0.3 is 5.97 Å². The zero-order valence-corrected chi connectivity index (χ0v) is 17.8. The normalized spacial score (nSPS) is 19.1. The van der Waals surface area contributed by atoms with E-state index in [0.717, 1.165) is 0 Å². The van der Waals surface area contributed by atoms with Crippen LogP contribution in [0.1, 0.15) is 32.8 Å². The van der Waals surface area contributed by atoms with Gasteiger partial charge in [0.1, 0.15) is 0 Å². The molecule has 1 aromatic carbocycles. The molecule has 0 bridgehead atoms. The van der Waals surface area contributed by atoms with Crippen molar-refractivity contribution in [2.75, 3.05) is 18.6 Å². The lowest BCUT2D eigenvalue weighted by Gasteiger charge is -2.15. The summed E-state index contributed by atoms with van der Waals surface area (Å²) in [5.41, 5.74) is 0.697. The summed E-state index contributed by atoms with van der Waals surface area (Å²) in [5, 5.41) is 2.60. The van der Waals surface area contributed by atoms with Gasteiger partial charge in [-0.2, -0.15) is 0 Å². The van der Waals surface area contributed by atoms with Gasteiger partial charge in [-0.05, 0) is 51.0 Å². The highest BCUT2D eigenvalue weighted by Crippen LogP contribution is 2.29. The van der Waals surface area contributed by atoms with E-state index in [-0.39, 0.29) is 17.6 Å². The molecule has 1 aromatic rings. The smallest absolute Gasteiger partial charge is 0.331 e. The third-order valence-electron chi connectivity index (χ3n) is 4.20. The van der Waals surface area contributed by atoms with Crippen LogP contribution in [0.3, 0.4) is 0 Å². The van der Waals surface area contributed by atoms with Crippen molar-refractivity contribution in [2.24, 2.45) is 0 Å². The molecule has 29 heavy (non-hydrogen) atoms. The Labute approximate surface area is 171 Å². The number of carbonyl (C=O) groups is 2. The van der Waals surface area contributed by atoms with E-state index < -0.39 is 33.9 Å². The second-order valence-electron chi connectivity index (χ2n) is 7.10. The molecule has 0 aromatic heterocycles. The first-order valence-corrected chi connectivity index (χ1v) is 11.2. The fourth-order valence-electron chi connectivity index (χ4n) is 2.80. The monoisotopic (exact) mass is 425 g/mol. The van der Waals surface area contributed by atoms with Crippen LogP contribution >= 0.6 is 0 Å². The molecular formula is C20H27NO7S. The van der Waals surface area contributed by atoms with Gasteiger partial charge in [0.15, 0.2) is 27.4 Å². The maximum Gasteiger partial charge on any atom is 0.331 e. The summed E-state index contributed by atoms with van der Waals surface area (Å²) in [4.78, 5) is 24.1. The average Bonchev–Trinajstić information content (AvgIpc) is 2.98. The topological polar surface area (TPSA) is 108 Å². The first-order chi connectivity index (χ1) is 13.6. The zero-order valence-electron chi connectivity index (χ0n) is 17.0. The van der Waals surface area contributed by atoms with E-state index in [9.17, 15) is 18.0 Å². The molecule has 0 aliphatic carbocycles. The maximum atomic E-state index is 12.1. The van der Waals surface area contributed by atoms with Crippen LogP contribution in [0.25, 0.3) is 6.08 Å². The highest BCUT2D eigenvalue weighted by molar-refractivity contribution is 7.91. The van der Waals surface area contributed by atoms with E-state index in [1.165, 1.54) is 26.2 Å². The van der Waals surface area contributed by atoms with Crippen molar-refractivity contribution < 1.29 is 32.2 Å². The van der Waals surface area contributed by atoms with Crippen LogP contribution in [0.2, 0.25) is 0 Å². The Balaban J connectivity index is 1.90. The minimum absolute atomic E-state index is 0.00255. The van der Waals surface area contributed by atoms with Crippen LogP contribution in [-0.4, -0.2) is 57.2 Å². The number of ether oxygens (including phenoxy) is 3. The van der Waals surface area contributed by atoms with Crippen molar-refractivity contribution in [2.45, 2.75) is 45.4 Å². The number of rotatable bonds is 8. The van der Waals surface area contributed by atoms with Crippen molar-refractivity contribution in [3.8, 4) is 11.5 Å². The van der Waals surface area contributed by atoms with Crippen molar-refractivity contribution in [1.82, 2.24) is 5.32 Å². The highest BCUT2D eigenvalue weighted by atomic mass is 32.2. The van der Waals surface area contributed by atoms with E-state index in [1.54, 1.807) is 18.2 Å². The van der Waals surface area contributed by atoms with Gasteiger partial charge in [0.25, 0.3) is 5.91 Å². The number of sulfone groups is 1. The van der Waals surface area contributed by atoms with Gasteiger partial charge in [-0.3, -0.25) is 4.79 Å². The van der Waals surface area contributed by atoms with Gasteiger partial charge in [-0.1, -0.05) is 6.07 Å². The Hall–Kier alpha value is -2.55. The molecule has 160 valence electrons. The molecule has 1 aliphatic rings. The molecule has 2 rings (SSSR count). The minimum atomic E-state index is -3.10. The third kappa shape index (κ3) is 7.08. The highest BCUT2D eigenvalue weighted by Gasteiger charge is 2.30. The molecular weight excluding hydrogens is 398 g/mol. The SMILES string of the molecule is COc1cc(/C=C/C(=O)O[C@@H](C)C(=O)N[C@H]2CCS(=O)(=O)C2)ccc1OC(C)C. The Kier molecular flexibility index (Phi) is 7.66. The van der Waals surface area contributed by atoms with E-state index in [2.05, 4.69) is 5.32 Å². The molecule has 2 atom stereocenters. The van der Waals surface area contributed by atoms with E-state index in [1.807, 2.05) is 13.8 Å². The summed E-state index contributed by atoms with van der Waals surface area (Å²) in [6.45, 7) is 5.25. The van der Waals surface area contributed by atoms with Crippen molar-refractivity contribution in [3.05, 3.63) is 29.8 Å². The molecule has 0 spiro atoms. The quantitative estimate of drug-likeness (QED) is 0.499. The fourth-order valence-corrected chi connectivity index (χ4v) is 4.47. The number of nitrogens with one attached hydrogen (secondary N) is 1. The van der Waals surface area contributed by atoms with Crippen molar-refractivity contribution >= 4 is 27.8 Å². The Morgan fingerprint density at radius 3 is 2.52 bits per heavy atom. The minimum Gasteiger partial charge on any atom is -0.493 e. The number of hydrogen-bond acceptors (Lipinski definition) is 7. The summed E-state index contributed by atoms with van der Waals surface area (Å²) >= 11 is 0. The van der Waals surface area contributed by atoms with Gasteiger partial charge in [-0.25, -0.2) is 13.2 Å². The van der Waals surface area contributed by atoms with Crippen LogP contribution in [0, 0.1) is 0 Å². The summed E-state index contributed by atoms with van der Waals surface area (Å²) < 4.78 is 38.9. The van der Waals surface area contributed by atoms with E-state index in [4.69, 9.17) is 14.2 Å². The van der Waals surface area contributed by atoms with Crippen LogP contribution in [0.4, 0.5) is 0 Å². The van der Waals surface area contributed by atoms with E-state index >= 15 is 0 Å². The number of methoxy groups -OCH3 is 1. The number of esters is 1. The number of hydrogen-bond donors (Lipinski definition) is 1. The predicted octanol–water partition coefficient (Wildman–Crippen LogP) is 1.73. The first-order valence-electron chi connectivity index (χ1n) is 9.34. The van der Waals surface area contributed by atoms with Crippen LogP contribution in [-0.2, 0) is 24.2 Å². The molecule has 9 heteroatoms. The van der Waals surface area contributed by atoms with Crippen molar-refractivity contribution in [1.29, 1.82) is 0 Å². The first kappa shape index (κ1) is 22.7. The number of carbonyl (C=O) groups excluding carboxylic acids is 2. The summed E-state index contributed by atoms with van der Waals surface area (Å²) in [5.74, 6) is -0.106. The van der Waals surface area contributed by atoms with Gasteiger partial charge in [0, 0.05) is 12.1 Å². The molecule has 1 amide bonds. The number of benzene rings is 1. The zero-order chi connectivity index (χ0) is 21.6. The predicted molar refractivity (Wildman–Crippen MR) is 109 cm³/mol. The molecule has 1 saturated heterocycles. The molecule has 8 nitrogen and oxygen atoms in total. The molecule has 0 unspecified atom stereocenters. The second kappa shape index (κ2) is 9.78. The van der Waals surface area contributed by atoms with Crippen LogP contribution in [0.5, 0.6) is 11.5 Å². The molecule has 0 saturated carbocycles.